The number of carbonyl (C=O) groups is 3. The van der Waals surface area contributed by atoms with Crippen molar-refractivity contribution < 1.29 is 24.2 Å². The molecule has 1 fully saturated rings. The number of rotatable bonds is 9. The monoisotopic (exact) mass is 491 g/mol. The normalized spacial score (nSPS) is 17.8. The fourth-order valence-corrected chi connectivity index (χ4v) is 5.29. The molecular formula is C26H25N3O5S. The molecule has 1 saturated carbocycles. The second-order valence-electron chi connectivity index (χ2n) is 8.83. The number of nitrogens with zero attached hydrogens (tertiary/aromatic N) is 1. The Balaban J connectivity index is 1.07. The number of hydrogen-bond donors (Lipinski definition) is 3. The summed E-state index contributed by atoms with van der Waals surface area (Å²) in [5.74, 6) is -1.33. The van der Waals surface area contributed by atoms with Gasteiger partial charge >= 0.3 is 12.1 Å². The van der Waals surface area contributed by atoms with E-state index in [0.29, 0.717) is 23.7 Å². The van der Waals surface area contributed by atoms with Crippen molar-refractivity contribution in [2.45, 2.75) is 25.3 Å². The first-order valence-electron chi connectivity index (χ1n) is 11.5. The summed E-state index contributed by atoms with van der Waals surface area (Å²) >= 11 is 1.36. The van der Waals surface area contributed by atoms with Crippen molar-refractivity contribution in [2.75, 3.05) is 13.2 Å². The van der Waals surface area contributed by atoms with Crippen LogP contribution in [0.1, 0.15) is 34.2 Å². The summed E-state index contributed by atoms with van der Waals surface area (Å²) in [7, 11) is 0. The van der Waals surface area contributed by atoms with Gasteiger partial charge in [0.25, 0.3) is 0 Å². The SMILES string of the molecule is O=C(Cc1csc(CNC(=O)OCC2c3ccccc3-c3ccccc32)n1)NC[C@H]1C[C@H]1C(=O)O. The molecule has 1 heterocycles. The number of fused-ring (bicyclic) bond motifs is 3. The van der Waals surface area contributed by atoms with Crippen LogP contribution in [0.15, 0.2) is 53.9 Å². The number of amides is 2. The van der Waals surface area contributed by atoms with Gasteiger partial charge in [-0.3, -0.25) is 9.59 Å². The topological polar surface area (TPSA) is 118 Å². The molecule has 5 rings (SSSR count). The predicted octanol–water partition coefficient (Wildman–Crippen LogP) is 3.56. The third-order valence-corrected chi connectivity index (χ3v) is 7.37. The minimum absolute atomic E-state index is 0.000422. The van der Waals surface area contributed by atoms with Crippen molar-refractivity contribution in [1.29, 1.82) is 0 Å². The first-order chi connectivity index (χ1) is 17.0. The van der Waals surface area contributed by atoms with Crippen LogP contribution in [0, 0.1) is 11.8 Å². The van der Waals surface area contributed by atoms with E-state index in [9.17, 15) is 14.4 Å². The molecule has 0 saturated heterocycles. The van der Waals surface area contributed by atoms with E-state index in [1.165, 1.54) is 22.5 Å². The van der Waals surface area contributed by atoms with Crippen LogP contribution >= 0.6 is 11.3 Å². The molecule has 8 nitrogen and oxygen atoms in total. The van der Waals surface area contributed by atoms with Crippen molar-refractivity contribution in [1.82, 2.24) is 15.6 Å². The Kier molecular flexibility index (Phi) is 6.50. The van der Waals surface area contributed by atoms with Gasteiger partial charge in [0.2, 0.25) is 5.91 Å². The zero-order valence-corrected chi connectivity index (χ0v) is 19.7. The van der Waals surface area contributed by atoms with Gasteiger partial charge in [0, 0.05) is 17.8 Å². The molecular weight excluding hydrogens is 466 g/mol. The predicted molar refractivity (Wildman–Crippen MR) is 130 cm³/mol. The maximum Gasteiger partial charge on any atom is 0.407 e. The second kappa shape index (κ2) is 9.87. The number of carboxylic acids is 1. The average molecular weight is 492 g/mol. The number of carboxylic acid groups (broad SMARTS) is 1. The minimum Gasteiger partial charge on any atom is -0.481 e. The summed E-state index contributed by atoms with van der Waals surface area (Å²) in [4.78, 5) is 39.7. The lowest BCUT2D eigenvalue weighted by Crippen LogP contribution is -2.28. The largest absolute Gasteiger partial charge is 0.481 e. The van der Waals surface area contributed by atoms with Gasteiger partial charge in [-0.25, -0.2) is 9.78 Å². The molecule has 180 valence electrons. The smallest absolute Gasteiger partial charge is 0.407 e. The summed E-state index contributed by atoms with van der Waals surface area (Å²) < 4.78 is 5.54. The number of nitrogens with one attached hydrogen (secondary N) is 2. The highest BCUT2D eigenvalue weighted by molar-refractivity contribution is 7.09. The Morgan fingerprint density at radius 3 is 2.37 bits per heavy atom. The number of carbonyl (C=O) groups excluding carboxylic acids is 2. The van der Waals surface area contributed by atoms with Crippen molar-refractivity contribution >= 4 is 29.3 Å². The number of aromatic nitrogens is 1. The molecule has 1 aromatic heterocycles. The Morgan fingerprint density at radius 1 is 1.03 bits per heavy atom. The zero-order valence-electron chi connectivity index (χ0n) is 18.9. The number of benzene rings is 2. The van der Waals surface area contributed by atoms with Gasteiger partial charge in [0.1, 0.15) is 11.6 Å². The third kappa shape index (κ3) is 5.19. The molecule has 2 atom stereocenters. The van der Waals surface area contributed by atoms with E-state index in [-0.39, 0.29) is 43.2 Å². The third-order valence-electron chi connectivity index (χ3n) is 6.47. The number of alkyl carbamates (subject to hydrolysis) is 1. The molecule has 35 heavy (non-hydrogen) atoms. The van der Waals surface area contributed by atoms with Crippen molar-refractivity contribution in [3.8, 4) is 11.1 Å². The quantitative estimate of drug-likeness (QED) is 0.421. The standard InChI is InChI=1S/C26H25N3O5S/c30-23(27-11-15-9-21(15)25(31)32)10-16-14-35-24(29-16)12-28-26(33)34-13-22-19-7-3-1-5-17(19)18-6-2-4-8-20(18)22/h1-8,14-15,21-22H,9-13H2,(H,27,30)(H,28,33)(H,31,32)/t15-,21-/m1/s1. The Morgan fingerprint density at radius 2 is 1.71 bits per heavy atom. The molecule has 2 aromatic carbocycles. The van der Waals surface area contributed by atoms with Crippen LogP contribution in [0.3, 0.4) is 0 Å². The number of thiazole rings is 1. The zero-order chi connectivity index (χ0) is 24.4. The van der Waals surface area contributed by atoms with Gasteiger partial charge in [-0.15, -0.1) is 11.3 Å². The Bertz CT molecular complexity index is 1230. The van der Waals surface area contributed by atoms with Crippen LogP contribution in [0.25, 0.3) is 11.1 Å². The van der Waals surface area contributed by atoms with E-state index < -0.39 is 12.1 Å². The summed E-state index contributed by atoms with van der Waals surface area (Å²) in [6, 6.07) is 16.3. The lowest BCUT2D eigenvalue weighted by atomic mass is 9.98. The molecule has 0 bridgehead atoms. The number of ether oxygens (including phenoxy) is 1. The van der Waals surface area contributed by atoms with Crippen LogP contribution in [0.2, 0.25) is 0 Å². The fraction of sp³-hybridized carbons (Fsp3) is 0.308. The van der Waals surface area contributed by atoms with Gasteiger partial charge in [0.05, 0.1) is 24.6 Å². The Hall–Kier alpha value is -3.72. The molecule has 0 unspecified atom stereocenters. The summed E-state index contributed by atoms with van der Waals surface area (Å²) in [6.45, 7) is 0.828. The van der Waals surface area contributed by atoms with E-state index in [4.69, 9.17) is 9.84 Å². The van der Waals surface area contributed by atoms with E-state index in [0.717, 1.165) is 11.1 Å². The minimum atomic E-state index is -0.808. The molecule has 3 N–H and O–H groups in total. The lowest BCUT2D eigenvalue weighted by molar-refractivity contribution is -0.139. The molecule has 2 aliphatic rings. The van der Waals surface area contributed by atoms with E-state index in [1.54, 1.807) is 5.38 Å². The van der Waals surface area contributed by atoms with Gasteiger partial charge < -0.3 is 20.5 Å². The van der Waals surface area contributed by atoms with Gasteiger partial charge in [-0.1, -0.05) is 48.5 Å². The summed E-state index contributed by atoms with van der Waals surface area (Å²) in [5, 5.41) is 16.9. The number of hydrogen-bond acceptors (Lipinski definition) is 6. The molecule has 2 aliphatic carbocycles. The maximum absolute atomic E-state index is 12.3. The van der Waals surface area contributed by atoms with Gasteiger partial charge in [-0.2, -0.15) is 0 Å². The van der Waals surface area contributed by atoms with Crippen molar-refractivity contribution in [2.24, 2.45) is 11.8 Å². The first-order valence-corrected chi connectivity index (χ1v) is 12.4. The second-order valence-corrected chi connectivity index (χ2v) is 9.78. The van der Waals surface area contributed by atoms with Crippen molar-refractivity contribution in [3.05, 3.63) is 75.7 Å². The van der Waals surface area contributed by atoms with Crippen LogP contribution in [-0.4, -0.2) is 41.2 Å². The van der Waals surface area contributed by atoms with Crippen LogP contribution in [0.4, 0.5) is 4.79 Å². The maximum atomic E-state index is 12.3. The van der Waals surface area contributed by atoms with Crippen LogP contribution in [-0.2, 0) is 27.3 Å². The highest BCUT2D eigenvalue weighted by Gasteiger charge is 2.43. The first kappa shape index (κ1) is 23.0. The van der Waals surface area contributed by atoms with Crippen molar-refractivity contribution in [3.63, 3.8) is 0 Å². The molecule has 0 spiro atoms. The summed E-state index contributed by atoms with van der Waals surface area (Å²) in [6.07, 6.45) is 0.211. The van der Waals surface area contributed by atoms with Crippen LogP contribution in [0.5, 0.6) is 0 Å². The average Bonchev–Trinajstić information content (AvgIpc) is 3.41. The Labute approximate surface area is 206 Å². The van der Waals surface area contributed by atoms with Crippen LogP contribution < -0.4 is 10.6 Å². The van der Waals surface area contributed by atoms with E-state index in [2.05, 4.69) is 39.9 Å². The highest BCUT2D eigenvalue weighted by atomic mass is 32.1. The van der Waals surface area contributed by atoms with Gasteiger partial charge in [-0.05, 0) is 34.6 Å². The molecule has 0 aliphatic heterocycles. The fourth-order valence-electron chi connectivity index (χ4n) is 4.56. The lowest BCUT2D eigenvalue weighted by Gasteiger charge is -2.14. The highest BCUT2D eigenvalue weighted by Crippen LogP contribution is 2.44. The molecule has 0 radical (unpaired) electrons. The number of aliphatic carboxylic acids is 1. The van der Waals surface area contributed by atoms with E-state index >= 15 is 0 Å². The van der Waals surface area contributed by atoms with Gasteiger partial charge in [0.15, 0.2) is 0 Å². The molecule has 9 heteroatoms. The van der Waals surface area contributed by atoms with E-state index in [1.807, 2.05) is 24.3 Å². The molecule has 2 amide bonds. The summed E-state index contributed by atoms with van der Waals surface area (Å²) in [5.41, 5.74) is 5.28. The molecule has 3 aromatic rings.